The van der Waals surface area contributed by atoms with E-state index >= 15 is 0 Å². The van der Waals surface area contributed by atoms with Gasteiger partial charge in [0.2, 0.25) is 0 Å². The van der Waals surface area contributed by atoms with Crippen molar-refractivity contribution in [1.29, 1.82) is 0 Å². The molecule has 0 radical (unpaired) electrons. The Balaban J connectivity index is 1.87. The molecule has 2 atom stereocenters. The second-order valence-electron chi connectivity index (χ2n) is 6.37. The van der Waals surface area contributed by atoms with Gasteiger partial charge in [0, 0.05) is 6.20 Å². The molecule has 2 aliphatic rings. The maximum absolute atomic E-state index is 12.0. The van der Waals surface area contributed by atoms with Crippen LogP contribution in [0.1, 0.15) is 50.3 Å². The summed E-state index contributed by atoms with van der Waals surface area (Å²) in [5.41, 5.74) is -1.57. The van der Waals surface area contributed by atoms with Crippen LogP contribution < -0.4 is 11.2 Å². The number of rotatable bonds is 4. The third-order valence-corrected chi connectivity index (χ3v) is 4.64. The van der Waals surface area contributed by atoms with E-state index in [9.17, 15) is 14.7 Å². The lowest BCUT2D eigenvalue weighted by Crippen LogP contribution is -2.33. The van der Waals surface area contributed by atoms with Gasteiger partial charge in [0.1, 0.15) is 6.23 Å². The molecular weight excluding hydrogens is 300 g/mol. The molecule has 7 nitrogen and oxygen atoms in total. The van der Waals surface area contributed by atoms with Gasteiger partial charge in [-0.15, -0.1) is 0 Å². The Bertz CT molecular complexity index is 699. The molecule has 1 aromatic rings. The van der Waals surface area contributed by atoms with Crippen LogP contribution in [0.2, 0.25) is 0 Å². The molecule has 0 unspecified atom stereocenters. The lowest BCUT2D eigenvalue weighted by atomic mass is 10.0. The van der Waals surface area contributed by atoms with E-state index in [0.29, 0.717) is 31.2 Å². The van der Waals surface area contributed by atoms with Crippen LogP contribution in [-0.4, -0.2) is 38.1 Å². The van der Waals surface area contributed by atoms with Crippen LogP contribution in [-0.2, 0) is 4.74 Å². The summed E-state index contributed by atoms with van der Waals surface area (Å²) in [4.78, 5) is 26.2. The zero-order chi connectivity index (χ0) is 16.4. The standard InChI is InChI=1S/C16H22N2O5/c19-10-12-3-4-13(23-12)18-9-11(14(20)17-15(18)21)5-8-16(22)6-1-2-7-16/h5,8-9,12-13,19,22H,1-4,6-7,10H2,(H,17,20,21)/b8-5+/t12-,13+/m0/s1. The van der Waals surface area contributed by atoms with Crippen molar-refractivity contribution in [1.82, 2.24) is 9.55 Å². The zero-order valence-electron chi connectivity index (χ0n) is 12.9. The summed E-state index contributed by atoms with van der Waals surface area (Å²) in [6, 6.07) is 0. The first kappa shape index (κ1) is 16.2. The van der Waals surface area contributed by atoms with E-state index in [2.05, 4.69) is 4.98 Å². The Hall–Kier alpha value is -1.70. The minimum Gasteiger partial charge on any atom is -0.394 e. The number of aliphatic hydroxyl groups is 2. The molecular formula is C16H22N2O5. The highest BCUT2D eigenvalue weighted by Gasteiger charge is 2.29. The van der Waals surface area contributed by atoms with Gasteiger partial charge in [-0.2, -0.15) is 0 Å². The molecule has 23 heavy (non-hydrogen) atoms. The Morgan fingerprint density at radius 3 is 2.74 bits per heavy atom. The number of H-pyrrole nitrogens is 1. The predicted molar refractivity (Wildman–Crippen MR) is 84.0 cm³/mol. The van der Waals surface area contributed by atoms with Crippen molar-refractivity contribution >= 4 is 6.08 Å². The van der Waals surface area contributed by atoms with Crippen molar-refractivity contribution in [2.45, 2.75) is 56.5 Å². The minimum atomic E-state index is -0.862. The number of aromatic nitrogens is 2. The van der Waals surface area contributed by atoms with Gasteiger partial charge in [-0.3, -0.25) is 14.3 Å². The molecule has 1 aromatic heterocycles. The van der Waals surface area contributed by atoms with Gasteiger partial charge in [-0.1, -0.05) is 18.9 Å². The SMILES string of the molecule is O=c1[nH]c(=O)n([C@H]2CC[C@@H](CO)O2)cc1/C=C/C1(O)CCCC1. The van der Waals surface area contributed by atoms with Crippen molar-refractivity contribution in [3.8, 4) is 0 Å². The summed E-state index contributed by atoms with van der Waals surface area (Å²) >= 11 is 0. The number of hydrogen-bond acceptors (Lipinski definition) is 5. The smallest absolute Gasteiger partial charge is 0.330 e. The number of nitrogens with zero attached hydrogens (tertiary/aromatic N) is 1. The Kier molecular flexibility index (Phi) is 4.52. The molecule has 0 spiro atoms. The van der Waals surface area contributed by atoms with Gasteiger partial charge >= 0.3 is 5.69 Å². The second kappa shape index (κ2) is 6.43. The van der Waals surface area contributed by atoms with E-state index < -0.39 is 23.1 Å². The normalized spacial score (nSPS) is 27.0. The van der Waals surface area contributed by atoms with Crippen molar-refractivity contribution in [3.05, 3.63) is 38.7 Å². The first-order valence-electron chi connectivity index (χ1n) is 8.04. The van der Waals surface area contributed by atoms with E-state index in [1.165, 1.54) is 10.8 Å². The van der Waals surface area contributed by atoms with Crippen LogP contribution in [0.3, 0.4) is 0 Å². The molecule has 0 bridgehead atoms. The predicted octanol–water partition coefficient (Wildman–Crippen LogP) is 0.525. The fourth-order valence-corrected chi connectivity index (χ4v) is 3.26. The average Bonchev–Trinajstić information content (AvgIpc) is 3.16. The van der Waals surface area contributed by atoms with Gasteiger partial charge in [0.15, 0.2) is 0 Å². The molecule has 1 aliphatic heterocycles. The molecule has 3 rings (SSSR count). The highest BCUT2D eigenvalue weighted by molar-refractivity contribution is 5.48. The van der Waals surface area contributed by atoms with Gasteiger partial charge in [-0.05, 0) is 31.8 Å². The number of aliphatic hydroxyl groups excluding tert-OH is 1. The summed E-state index contributed by atoms with van der Waals surface area (Å²) in [5.74, 6) is 0. The van der Waals surface area contributed by atoms with E-state index in [1.54, 1.807) is 12.2 Å². The zero-order valence-corrected chi connectivity index (χ0v) is 12.9. The van der Waals surface area contributed by atoms with Gasteiger partial charge in [-0.25, -0.2) is 4.79 Å². The van der Waals surface area contributed by atoms with Crippen molar-refractivity contribution < 1.29 is 14.9 Å². The topological polar surface area (TPSA) is 105 Å². The minimum absolute atomic E-state index is 0.0889. The Morgan fingerprint density at radius 1 is 1.35 bits per heavy atom. The van der Waals surface area contributed by atoms with Crippen molar-refractivity contribution in [2.75, 3.05) is 6.61 Å². The lowest BCUT2D eigenvalue weighted by molar-refractivity contribution is -0.0246. The van der Waals surface area contributed by atoms with Crippen LogP contribution in [0, 0.1) is 0 Å². The lowest BCUT2D eigenvalue weighted by Gasteiger charge is -2.17. The summed E-state index contributed by atoms with van der Waals surface area (Å²) in [6.07, 6.45) is 8.47. The number of nitrogens with one attached hydrogen (secondary N) is 1. The first-order valence-corrected chi connectivity index (χ1v) is 8.04. The number of ether oxygens (including phenoxy) is 1. The van der Waals surface area contributed by atoms with Gasteiger partial charge in [0.25, 0.3) is 5.56 Å². The first-order chi connectivity index (χ1) is 11.0. The Labute approximate surface area is 133 Å². The van der Waals surface area contributed by atoms with E-state index in [4.69, 9.17) is 9.84 Å². The molecule has 2 heterocycles. The van der Waals surface area contributed by atoms with Gasteiger partial charge in [0.05, 0.1) is 23.9 Å². The maximum atomic E-state index is 12.0. The molecule has 0 aromatic carbocycles. The van der Waals surface area contributed by atoms with E-state index in [-0.39, 0.29) is 12.7 Å². The third-order valence-electron chi connectivity index (χ3n) is 4.64. The van der Waals surface area contributed by atoms with Crippen LogP contribution in [0.15, 0.2) is 21.9 Å². The number of hydrogen-bond donors (Lipinski definition) is 3. The Morgan fingerprint density at radius 2 is 2.09 bits per heavy atom. The summed E-state index contributed by atoms with van der Waals surface area (Å²) in [7, 11) is 0. The monoisotopic (exact) mass is 322 g/mol. The van der Waals surface area contributed by atoms with Gasteiger partial charge < -0.3 is 14.9 Å². The van der Waals surface area contributed by atoms with Crippen LogP contribution in [0.4, 0.5) is 0 Å². The molecule has 1 aliphatic carbocycles. The summed E-state index contributed by atoms with van der Waals surface area (Å²) in [6.45, 7) is -0.0889. The molecule has 2 fully saturated rings. The van der Waals surface area contributed by atoms with E-state index in [1.807, 2.05) is 0 Å². The summed E-state index contributed by atoms with van der Waals surface area (Å²) in [5, 5.41) is 19.4. The largest absolute Gasteiger partial charge is 0.394 e. The highest BCUT2D eigenvalue weighted by Crippen LogP contribution is 2.31. The fraction of sp³-hybridized carbons (Fsp3) is 0.625. The molecule has 1 saturated heterocycles. The van der Waals surface area contributed by atoms with Crippen molar-refractivity contribution in [3.63, 3.8) is 0 Å². The van der Waals surface area contributed by atoms with Crippen LogP contribution in [0.5, 0.6) is 0 Å². The number of aromatic amines is 1. The van der Waals surface area contributed by atoms with Crippen molar-refractivity contribution in [2.24, 2.45) is 0 Å². The highest BCUT2D eigenvalue weighted by atomic mass is 16.5. The summed E-state index contributed by atoms with van der Waals surface area (Å²) < 4.78 is 6.93. The molecule has 126 valence electrons. The van der Waals surface area contributed by atoms with Crippen LogP contribution >= 0.6 is 0 Å². The van der Waals surface area contributed by atoms with Crippen LogP contribution in [0.25, 0.3) is 6.08 Å². The maximum Gasteiger partial charge on any atom is 0.330 e. The second-order valence-corrected chi connectivity index (χ2v) is 6.37. The average molecular weight is 322 g/mol. The third kappa shape index (κ3) is 3.46. The fourth-order valence-electron chi connectivity index (χ4n) is 3.26. The molecule has 0 amide bonds. The molecule has 7 heteroatoms. The molecule has 1 saturated carbocycles. The molecule has 3 N–H and O–H groups in total. The van der Waals surface area contributed by atoms with E-state index in [0.717, 1.165) is 12.8 Å². The quantitative estimate of drug-likeness (QED) is 0.750.